The Morgan fingerprint density at radius 3 is 2.36 bits per heavy atom. The molecule has 33 heavy (non-hydrogen) atoms. The van der Waals surface area contributed by atoms with Crippen molar-refractivity contribution in [3.8, 4) is 0 Å². The van der Waals surface area contributed by atoms with Gasteiger partial charge in [0.1, 0.15) is 30.5 Å². The van der Waals surface area contributed by atoms with Crippen molar-refractivity contribution in [2.45, 2.75) is 19.1 Å². The molecule has 2 saturated heterocycles. The molecule has 1 aromatic carbocycles. The number of hydrogen-bond acceptors (Lipinski definition) is 9. The van der Waals surface area contributed by atoms with Crippen LogP contribution in [0.15, 0.2) is 30.6 Å². The van der Waals surface area contributed by atoms with E-state index in [2.05, 4.69) is 19.8 Å². The van der Waals surface area contributed by atoms with Crippen LogP contribution < -0.4 is 20.4 Å². The number of aromatic nitrogens is 2. The summed E-state index contributed by atoms with van der Waals surface area (Å²) in [4.78, 5) is 26.9. The van der Waals surface area contributed by atoms with Crippen LogP contribution >= 0.6 is 0 Å². The van der Waals surface area contributed by atoms with Crippen molar-refractivity contribution in [1.29, 1.82) is 5.41 Å². The van der Waals surface area contributed by atoms with Crippen LogP contribution in [0, 0.1) is 11.2 Å². The van der Waals surface area contributed by atoms with E-state index < -0.39 is 11.8 Å². The quantitative estimate of drug-likeness (QED) is 0.341. The van der Waals surface area contributed by atoms with Gasteiger partial charge in [0, 0.05) is 51.9 Å². The Kier molecular flexibility index (Phi) is 6.87. The summed E-state index contributed by atoms with van der Waals surface area (Å²) in [5, 5.41) is 7.13. The number of nitrogens with two attached hydrogens (primary N) is 1. The van der Waals surface area contributed by atoms with Gasteiger partial charge in [-0.2, -0.15) is 0 Å². The summed E-state index contributed by atoms with van der Waals surface area (Å²) in [5.41, 5.74) is 5.95. The molecule has 0 saturated carbocycles. The Balaban J connectivity index is 1.32. The molecule has 0 spiro atoms. The standard InChI is InChI=1S/C22H28FN7O3/c1-32-16-12-30(13-16)20-11-26-19(10-27-20)29-7-5-28(6-8-29)17-4-2-3-15(22(17)23)14-33-21(31)9-18(24)25/h2-4,10-11,16H,5-9,12-14H2,1H3,(H3,24,25). The van der Waals surface area contributed by atoms with E-state index in [0.717, 1.165) is 24.7 Å². The van der Waals surface area contributed by atoms with Crippen LogP contribution in [-0.2, 0) is 20.9 Å². The number of amidine groups is 1. The maximum Gasteiger partial charge on any atom is 0.313 e. The zero-order chi connectivity index (χ0) is 23.4. The normalized spacial score (nSPS) is 16.5. The molecule has 0 amide bonds. The minimum Gasteiger partial charge on any atom is -0.460 e. The van der Waals surface area contributed by atoms with Gasteiger partial charge < -0.3 is 29.9 Å². The van der Waals surface area contributed by atoms with Crippen LogP contribution in [0.4, 0.5) is 21.7 Å². The lowest BCUT2D eigenvalue weighted by Crippen LogP contribution is -2.52. The maximum atomic E-state index is 15.1. The van der Waals surface area contributed by atoms with E-state index in [0.29, 0.717) is 31.9 Å². The van der Waals surface area contributed by atoms with Gasteiger partial charge >= 0.3 is 5.97 Å². The number of benzene rings is 1. The van der Waals surface area contributed by atoms with Crippen molar-refractivity contribution >= 4 is 29.1 Å². The summed E-state index contributed by atoms with van der Waals surface area (Å²) >= 11 is 0. The Morgan fingerprint density at radius 2 is 1.76 bits per heavy atom. The van der Waals surface area contributed by atoms with E-state index in [9.17, 15) is 4.79 Å². The van der Waals surface area contributed by atoms with Crippen LogP contribution in [0.2, 0.25) is 0 Å². The average Bonchev–Trinajstić information content (AvgIpc) is 2.78. The van der Waals surface area contributed by atoms with Crippen LogP contribution in [0.5, 0.6) is 0 Å². The number of nitrogens with zero attached hydrogens (tertiary/aromatic N) is 5. The van der Waals surface area contributed by atoms with Gasteiger partial charge in [0.15, 0.2) is 5.82 Å². The Bertz CT molecular complexity index is 990. The van der Waals surface area contributed by atoms with Crippen LogP contribution in [0.1, 0.15) is 12.0 Å². The van der Waals surface area contributed by atoms with E-state index in [1.807, 2.05) is 4.90 Å². The third-order valence-corrected chi connectivity index (χ3v) is 5.86. The Hall–Kier alpha value is -3.47. The van der Waals surface area contributed by atoms with Gasteiger partial charge in [0.2, 0.25) is 0 Å². The lowest BCUT2D eigenvalue weighted by Gasteiger charge is -2.39. The highest BCUT2D eigenvalue weighted by Crippen LogP contribution is 2.26. The Morgan fingerprint density at radius 1 is 1.12 bits per heavy atom. The minimum atomic E-state index is -0.652. The molecule has 0 aliphatic carbocycles. The van der Waals surface area contributed by atoms with E-state index in [4.69, 9.17) is 20.6 Å². The smallest absolute Gasteiger partial charge is 0.313 e. The fourth-order valence-corrected chi connectivity index (χ4v) is 3.88. The molecule has 0 bridgehead atoms. The summed E-state index contributed by atoms with van der Waals surface area (Å²) in [5.74, 6) is 0.296. The molecule has 11 heteroatoms. The second-order valence-corrected chi connectivity index (χ2v) is 8.08. The van der Waals surface area contributed by atoms with Gasteiger partial charge in [-0.15, -0.1) is 0 Å². The van der Waals surface area contributed by atoms with Crippen LogP contribution in [0.25, 0.3) is 0 Å². The first-order valence-electron chi connectivity index (χ1n) is 10.8. The monoisotopic (exact) mass is 457 g/mol. The van der Waals surface area contributed by atoms with E-state index in [1.165, 1.54) is 0 Å². The van der Waals surface area contributed by atoms with Crippen molar-refractivity contribution in [2.24, 2.45) is 5.73 Å². The van der Waals surface area contributed by atoms with E-state index in [1.54, 1.807) is 37.7 Å². The molecule has 0 unspecified atom stereocenters. The Labute approximate surface area is 191 Å². The molecule has 2 aromatic rings. The molecule has 0 radical (unpaired) electrons. The van der Waals surface area contributed by atoms with Crippen molar-refractivity contribution in [3.05, 3.63) is 42.0 Å². The third-order valence-electron chi connectivity index (χ3n) is 5.86. The number of anilines is 3. The fraction of sp³-hybridized carbons (Fsp3) is 0.455. The predicted octanol–water partition coefficient (Wildman–Crippen LogP) is 1.15. The number of nitrogens with one attached hydrogen (secondary N) is 1. The highest BCUT2D eigenvalue weighted by Gasteiger charge is 2.28. The van der Waals surface area contributed by atoms with Crippen molar-refractivity contribution in [2.75, 3.05) is 61.1 Å². The van der Waals surface area contributed by atoms with Gasteiger partial charge in [-0.05, 0) is 6.07 Å². The molecule has 3 N–H and O–H groups in total. The molecule has 3 heterocycles. The fourth-order valence-electron chi connectivity index (χ4n) is 3.88. The summed E-state index contributed by atoms with van der Waals surface area (Å²) in [6.07, 6.45) is 3.51. The molecule has 2 aliphatic rings. The summed E-state index contributed by atoms with van der Waals surface area (Å²) in [7, 11) is 1.71. The number of esters is 1. The number of ether oxygens (including phenoxy) is 2. The number of carbonyl (C=O) groups excluding carboxylic acids is 1. The molecule has 2 fully saturated rings. The molecule has 10 nitrogen and oxygen atoms in total. The molecule has 2 aliphatic heterocycles. The summed E-state index contributed by atoms with van der Waals surface area (Å²) < 4.78 is 25.4. The number of rotatable bonds is 8. The topological polar surface area (TPSA) is 121 Å². The van der Waals surface area contributed by atoms with Crippen LogP contribution in [0.3, 0.4) is 0 Å². The van der Waals surface area contributed by atoms with Gasteiger partial charge in [-0.1, -0.05) is 12.1 Å². The third kappa shape index (κ3) is 5.30. The highest BCUT2D eigenvalue weighted by molar-refractivity contribution is 5.94. The van der Waals surface area contributed by atoms with Gasteiger partial charge in [-0.25, -0.2) is 14.4 Å². The SMILES string of the molecule is COC1CN(c2cnc(N3CCN(c4cccc(COC(=O)CC(=N)N)c4F)CC3)cn2)C1. The number of piperazine rings is 1. The minimum absolute atomic E-state index is 0.199. The zero-order valence-electron chi connectivity index (χ0n) is 18.5. The van der Waals surface area contributed by atoms with Gasteiger partial charge in [-0.3, -0.25) is 10.2 Å². The van der Waals surface area contributed by atoms with E-state index >= 15 is 4.39 Å². The molecular weight excluding hydrogens is 429 g/mol. The first-order valence-corrected chi connectivity index (χ1v) is 10.8. The summed E-state index contributed by atoms with van der Waals surface area (Å²) in [6, 6.07) is 5.05. The maximum absolute atomic E-state index is 15.1. The predicted molar refractivity (Wildman–Crippen MR) is 122 cm³/mol. The average molecular weight is 458 g/mol. The number of halogens is 1. The number of carbonyl (C=O) groups is 1. The van der Waals surface area contributed by atoms with E-state index in [-0.39, 0.29) is 30.5 Å². The van der Waals surface area contributed by atoms with Crippen molar-refractivity contribution in [3.63, 3.8) is 0 Å². The first-order chi connectivity index (χ1) is 15.9. The second-order valence-electron chi connectivity index (χ2n) is 8.08. The summed E-state index contributed by atoms with van der Waals surface area (Å²) in [6.45, 7) is 4.05. The molecular formula is C22H28FN7O3. The largest absolute Gasteiger partial charge is 0.460 e. The zero-order valence-corrected chi connectivity index (χ0v) is 18.5. The van der Waals surface area contributed by atoms with Crippen LogP contribution in [-0.4, -0.2) is 74.3 Å². The van der Waals surface area contributed by atoms with Crippen molar-refractivity contribution < 1.29 is 18.7 Å². The number of methoxy groups -OCH3 is 1. The molecule has 176 valence electrons. The molecule has 4 rings (SSSR count). The van der Waals surface area contributed by atoms with Gasteiger partial charge in [0.25, 0.3) is 0 Å². The lowest BCUT2D eigenvalue weighted by molar-refractivity contribution is -0.143. The lowest BCUT2D eigenvalue weighted by atomic mass is 10.1. The van der Waals surface area contributed by atoms with Crippen molar-refractivity contribution in [1.82, 2.24) is 9.97 Å². The first kappa shape index (κ1) is 22.7. The molecule has 0 atom stereocenters. The molecule has 1 aromatic heterocycles. The van der Waals surface area contributed by atoms with Gasteiger partial charge in [0.05, 0.1) is 24.2 Å². The number of hydrogen-bond donors (Lipinski definition) is 2. The second kappa shape index (κ2) is 9.99. The highest BCUT2D eigenvalue weighted by atomic mass is 19.1.